The molecule has 3 atom stereocenters. The van der Waals surface area contributed by atoms with Crippen molar-refractivity contribution in [3.8, 4) is 5.75 Å². The number of alkyl halides is 4. The van der Waals surface area contributed by atoms with Crippen LogP contribution in [0.3, 0.4) is 0 Å². The first-order valence-corrected chi connectivity index (χ1v) is 14.5. The number of ether oxygens (including phenoxy) is 1. The van der Waals surface area contributed by atoms with Gasteiger partial charge in [0.25, 0.3) is 0 Å². The molecule has 1 aliphatic heterocycles. The summed E-state index contributed by atoms with van der Waals surface area (Å²) in [5.74, 6) is -2.75. The molecular formula is C32H43F5N2O6. The van der Waals surface area contributed by atoms with Crippen LogP contribution in [0.1, 0.15) is 81.3 Å². The number of aliphatic carboxylic acids is 1. The summed E-state index contributed by atoms with van der Waals surface area (Å²) >= 11 is 0. The Kier molecular flexibility index (Phi) is 17.3. The van der Waals surface area contributed by atoms with Gasteiger partial charge >= 0.3 is 12.1 Å². The highest BCUT2D eigenvalue weighted by Crippen LogP contribution is 2.23. The summed E-state index contributed by atoms with van der Waals surface area (Å²) in [6, 6.07) is 12.0. The molecule has 0 unspecified atom stereocenters. The highest BCUT2D eigenvalue weighted by atomic mass is 19.4. The largest absolute Gasteiger partial charge is 0.494 e. The third-order valence-electron chi connectivity index (χ3n) is 6.85. The number of carbonyl (C=O) groups is 3. The second-order valence-electron chi connectivity index (χ2n) is 10.5. The zero-order chi connectivity index (χ0) is 32.7. The number of carbonyl (C=O) groups excluding carboxylic acids is 2. The minimum absolute atomic E-state index is 0. The fourth-order valence-corrected chi connectivity index (χ4v) is 4.41. The Morgan fingerprint density at radius 3 is 2.16 bits per heavy atom. The van der Waals surface area contributed by atoms with Gasteiger partial charge in [0, 0.05) is 38.0 Å². The number of unbranched alkanes of at least 4 members (excludes halogenated alkanes) is 2. The molecule has 8 nitrogen and oxygen atoms in total. The Bertz CT molecular complexity index is 1180. The molecule has 2 aromatic carbocycles. The normalized spacial score (nSPS) is 16.0. The number of benzene rings is 2. The molecule has 2 aromatic rings. The monoisotopic (exact) mass is 646 g/mol. The van der Waals surface area contributed by atoms with Crippen molar-refractivity contribution in [3.63, 3.8) is 0 Å². The first-order chi connectivity index (χ1) is 20.8. The number of aliphatic hydroxyl groups is 1. The van der Waals surface area contributed by atoms with E-state index in [1.807, 2.05) is 4.90 Å². The predicted molar refractivity (Wildman–Crippen MR) is 159 cm³/mol. The second-order valence-corrected chi connectivity index (χ2v) is 10.5. The van der Waals surface area contributed by atoms with Gasteiger partial charge in [-0.2, -0.15) is 13.2 Å². The SMILES string of the molecule is C.CCCCOc1ccc([C@@H](O)[C@@H](CN2CC[C@@H](F)C2)NC(=O)CCCCC(=O)c2ccc(F)cc2)cc1.O=C(O)C(F)(F)F. The number of nitrogens with one attached hydrogen (secondary N) is 1. The summed E-state index contributed by atoms with van der Waals surface area (Å²) in [6.07, 6.45) is -3.00. The van der Waals surface area contributed by atoms with E-state index in [0.29, 0.717) is 50.1 Å². The quantitative estimate of drug-likeness (QED) is 0.119. The van der Waals surface area contributed by atoms with Gasteiger partial charge in [0.05, 0.1) is 12.6 Å². The second kappa shape index (κ2) is 19.7. The van der Waals surface area contributed by atoms with Crippen LogP contribution in [0, 0.1) is 5.82 Å². The van der Waals surface area contributed by atoms with Crippen LogP contribution >= 0.6 is 0 Å². The van der Waals surface area contributed by atoms with Crippen LogP contribution in [0.5, 0.6) is 5.75 Å². The molecule has 1 aliphatic rings. The van der Waals surface area contributed by atoms with Crippen molar-refractivity contribution in [3.05, 3.63) is 65.5 Å². The number of amides is 1. The summed E-state index contributed by atoms with van der Waals surface area (Å²) in [5, 5.41) is 21.2. The van der Waals surface area contributed by atoms with Gasteiger partial charge in [0.1, 0.15) is 23.8 Å². The highest BCUT2D eigenvalue weighted by Gasteiger charge is 2.38. The molecular weight excluding hydrogens is 603 g/mol. The number of Topliss-reactive ketones (excluding diaryl/α,β-unsaturated/α-hetero) is 1. The minimum atomic E-state index is -5.08. The number of hydrogen-bond acceptors (Lipinski definition) is 6. The molecule has 0 aromatic heterocycles. The lowest BCUT2D eigenvalue weighted by Crippen LogP contribution is -2.46. The van der Waals surface area contributed by atoms with E-state index in [2.05, 4.69) is 12.2 Å². The molecule has 1 fully saturated rings. The van der Waals surface area contributed by atoms with Crippen molar-refractivity contribution < 1.29 is 51.3 Å². The van der Waals surface area contributed by atoms with Crippen molar-refractivity contribution in [1.82, 2.24) is 10.2 Å². The van der Waals surface area contributed by atoms with E-state index in [-0.39, 0.29) is 38.5 Å². The lowest BCUT2D eigenvalue weighted by molar-refractivity contribution is -0.192. The van der Waals surface area contributed by atoms with Crippen LogP contribution in [-0.4, -0.2) is 77.4 Å². The van der Waals surface area contributed by atoms with Gasteiger partial charge in [-0.3, -0.25) is 14.5 Å². The lowest BCUT2D eigenvalue weighted by atomic mass is 10.0. The fourth-order valence-electron chi connectivity index (χ4n) is 4.41. The number of ketones is 1. The molecule has 0 bridgehead atoms. The molecule has 13 heteroatoms. The van der Waals surface area contributed by atoms with Crippen molar-refractivity contribution in [2.45, 2.75) is 83.8 Å². The van der Waals surface area contributed by atoms with Gasteiger partial charge in [-0.15, -0.1) is 0 Å². The molecule has 0 aliphatic carbocycles. The molecule has 0 saturated carbocycles. The Morgan fingerprint density at radius 2 is 1.62 bits per heavy atom. The average Bonchev–Trinajstić information content (AvgIpc) is 3.39. The first-order valence-electron chi connectivity index (χ1n) is 14.5. The maximum absolute atomic E-state index is 13.7. The molecule has 1 saturated heterocycles. The van der Waals surface area contributed by atoms with Gasteiger partial charge in [0.15, 0.2) is 5.78 Å². The van der Waals surface area contributed by atoms with E-state index in [1.54, 1.807) is 24.3 Å². The zero-order valence-electron chi connectivity index (χ0n) is 24.5. The third-order valence-corrected chi connectivity index (χ3v) is 6.85. The van der Waals surface area contributed by atoms with E-state index in [0.717, 1.165) is 18.6 Å². The van der Waals surface area contributed by atoms with Gasteiger partial charge in [-0.05, 0) is 67.6 Å². The summed E-state index contributed by atoms with van der Waals surface area (Å²) < 4.78 is 64.2. The van der Waals surface area contributed by atoms with E-state index >= 15 is 0 Å². The third kappa shape index (κ3) is 14.8. The number of likely N-dealkylation sites (tertiary alicyclic amines) is 1. The number of aliphatic hydroxyl groups excluding tert-OH is 1. The minimum Gasteiger partial charge on any atom is -0.494 e. The Morgan fingerprint density at radius 1 is 1.02 bits per heavy atom. The molecule has 0 radical (unpaired) electrons. The smallest absolute Gasteiger partial charge is 0.490 e. The van der Waals surface area contributed by atoms with Crippen LogP contribution in [0.15, 0.2) is 48.5 Å². The maximum Gasteiger partial charge on any atom is 0.490 e. The van der Waals surface area contributed by atoms with Gasteiger partial charge < -0.3 is 20.3 Å². The van der Waals surface area contributed by atoms with E-state index in [9.17, 15) is 36.6 Å². The number of carboxylic acid groups (broad SMARTS) is 1. The molecule has 1 amide bonds. The highest BCUT2D eigenvalue weighted by molar-refractivity contribution is 5.96. The molecule has 3 rings (SSSR count). The van der Waals surface area contributed by atoms with Crippen molar-refractivity contribution >= 4 is 17.7 Å². The summed E-state index contributed by atoms with van der Waals surface area (Å²) in [6.45, 7) is 3.93. The molecule has 1 heterocycles. The first kappa shape index (κ1) is 39.4. The maximum atomic E-state index is 13.7. The van der Waals surface area contributed by atoms with Crippen LogP contribution in [0.25, 0.3) is 0 Å². The average molecular weight is 647 g/mol. The van der Waals surface area contributed by atoms with Gasteiger partial charge in [-0.1, -0.05) is 32.9 Å². The summed E-state index contributed by atoms with van der Waals surface area (Å²) in [4.78, 5) is 35.8. The number of hydrogen-bond donors (Lipinski definition) is 3. The number of carboxylic acids is 1. The molecule has 3 N–H and O–H groups in total. The number of rotatable bonds is 15. The standard InChI is InChI=1S/C29H38F2N2O4.C2HF3O2.CH4/c1-2-3-18-37-25-14-10-22(11-15-25)29(36)26(20-33-17-16-24(31)19-33)32-28(35)7-5-4-6-27(34)21-8-12-23(30)13-9-21;3-2(4,5)1(6)7;/h8-15,24,26,29,36H,2-7,16-20H2,1H3,(H,32,35);(H,6,7);1H4/t24-,26-,29-;;/m1../s1. The fraction of sp³-hybridized carbons (Fsp3) is 0.531. The van der Waals surface area contributed by atoms with Crippen molar-refractivity contribution in [2.24, 2.45) is 0 Å². The molecule has 0 spiro atoms. The summed E-state index contributed by atoms with van der Waals surface area (Å²) in [7, 11) is 0. The topological polar surface area (TPSA) is 116 Å². The van der Waals surface area contributed by atoms with Crippen molar-refractivity contribution in [2.75, 3.05) is 26.2 Å². The van der Waals surface area contributed by atoms with E-state index in [4.69, 9.17) is 14.6 Å². The number of halogens is 5. The van der Waals surface area contributed by atoms with Crippen LogP contribution < -0.4 is 10.1 Å². The predicted octanol–water partition coefficient (Wildman–Crippen LogP) is 6.28. The van der Waals surface area contributed by atoms with Gasteiger partial charge in [-0.25, -0.2) is 13.6 Å². The Hall–Kier alpha value is -3.58. The Labute approximate surface area is 260 Å². The molecule has 45 heavy (non-hydrogen) atoms. The van der Waals surface area contributed by atoms with Crippen LogP contribution in [0.2, 0.25) is 0 Å². The van der Waals surface area contributed by atoms with E-state index in [1.165, 1.54) is 24.3 Å². The zero-order valence-corrected chi connectivity index (χ0v) is 24.5. The Balaban J connectivity index is 0.00000113. The molecule has 252 valence electrons. The van der Waals surface area contributed by atoms with Gasteiger partial charge in [0.2, 0.25) is 5.91 Å². The van der Waals surface area contributed by atoms with Crippen LogP contribution in [0.4, 0.5) is 22.0 Å². The van der Waals surface area contributed by atoms with E-state index < -0.39 is 36.3 Å². The van der Waals surface area contributed by atoms with Crippen LogP contribution in [-0.2, 0) is 9.59 Å². The van der Waals surface area contributed by atoms with Crippen molar-refractivity contribution in [1.29, 1.82) is 0 Å². The number of nitrogens with zero attached hydrogens (tertiary/aromatic N) is 1. The lowest BCUT2D eigenvalue weighted by Gasteiger charge is -2.29. The summed E-state index contributed by atoms with van der Waals surface area (Å²) in [5.41, 5.74) is 1.10.